The molecule has 0 bridgehead atoms. The van der Waals surface area contributed by atoms with Crippen molar-refractivity contribution in [3.63, 3.8) is 0 Å². The second kappa shape index (κ2) is 5.59. The largest absolute Gasteiger partial charge is 0.360 e. The van der Waals surface area contributed by atoms with Gasteiger partial charge in [0.05, 0.1) is 6.54 Å². The fourth-order valence-electron chi connectivity index (χ4n) is 2.62. The van der Waals surface area contributed by atoms with Gasteiger partial charge in [0.15, 0.2) is 11.6 Å². The lowest BCUT2D eigenvalue weighted by molar-refractivity contribution is -0.115. The van der Waals surface area contributed by atoms with E-state index in [1.54, 1.807) is 31.1 Å². The molecular formula is C15H17N7O2. The van der Waals surface area contributed by atoms with Crippen molar-refractivity contribution < 1.29 is 9.32 Å². The number of likely N-dealkylation sites (N-methyl/N-ethyl adjacent to an activating group) is 1. The average Bonchev–Trinajstić information content (AvgIpc) is 3.17. The summed E-state index contributed by atoms with van der Waals surface area (Å²) in [5.41, 5.74) is 0.659. The Kier molecular flexibility index (Phi) is 3.40. The van der Waals surface area contributed by atoms with Gasteiger partial charge in [-0.05, 0) is 19.8 Å². The van der Waals surface area contributed by atoms with Gasteiger partial charge in [0.25, 0.3) is 0 Å². The molecule has 0 aliphatic heterocycles. The second-order valence-corrected chi connectivity index (χ2v) is 6.00. The Labute approximate surface area is 137 Å². The Morgan fingerprint density at radius 2 is 2.29 bits per heavy atom. The molecule has 1 saturated carbocycles. The van der Waals surface area contributed by atoms with E-state index in [4.69, 9.17) is 4.52 Å². The van der Waals surface area contributed by atoms with Gasteiger partial charge in [-0.2, -0.15) is 0 Å². The Balaban J connectivity index is 1.52. The van der Waals surface area contributed by atoms with Crippen LogP contribution in [0, 0.1) is 6.92 Å². The maximum absolute atomic E-state index is 12.2. The third-order valence-corrected chi connectivity index (χ3v) is 3.92. The molecule has 9 nitrogen and oxygen atoms in total. The summed E-state index contributed by atoms with van der Waals surface area (Å²) in [4.78, 5) is 18.3. The number of aryl methyl sites for hydroxylation is 1. The molecule has 0 unspecified atom stereocenters. The van der Waals surface area contributed by atoms with Crippen LogP contribution in [0.2, 0.25) is 0 Å². The summed E-state index contributed by atoms with van der Waals surface area (Å²) in [6.07, 6.45) is 5.85. The van der Waals surface area contributed by atoms with E-state index >= 15 is 0 Å². The van der Waals surface area contributed by atoms with Crippen LogP contribution in [0.15, 0.2) is 23.0 Å². The van der Waals surface area contributed by atoms with E-state index in [1.807, 2.05) is 10.6 Å². The highest BCUT2D eigenvalue weighted by Crippen LogP contribution is 2.39. The molecule has 3 aromatic heterocycles. The third kappa shape index (κ3) is 2.68. The number of carbonyl (C=O) groups excluding carboxylic acids is 1. The van der Waals surface area contributed by atoms with Crippen molar-refractivity contribution in [3.05, 3.63) is 30.0 Å². The van der Waals surface area contributed by atoms with Crippen LogP contribution in [0.1, 0.15) is 30.3 Å². The zero-order valence-corrected chi connectivity index (χ0v) is 13.4. The molecule has 0 radical (unpaired) electrons. The van der Waals surface area contributed by atoms with Crippen molar-refractivity contribution in [2.45, 2.75) is 25.7 Å². The molecule has 3 aromatic rings. The lowest BCUT2D eigenvalue weighted by atomic mass is 10.4. The molecule has 9 heteroatoms. The minimum Gasteiger partial charge on any atom is -0.360 e. The number of aromatic nitrogens is 5. The minimum absolute atomic E-state index is 0.115. The monoisotopic (exact) mass is 327 g/mol. The molecule has 24 heavy (non-hydrogen) atoms. The van der Waals surface area contributed by atoms with E-state index in [1.165, 1.54) is 0 Å². The maximum atomic E-state index is 12.2. The highest BCUT2D eigenvalue weighted by molar-refractivity contribution is 5.93. The van der Waals surface area contributed by atoms with Gasteiger partial charge < -0.3 is 14.7 Å². The summed E-state index contributed by atoms with van der Waals surface area (Å²) in [6.45, 7) is 1.88. The van der Waals surface area contributed by atoms with Gasteiger partial charge in [0.2, 0.25) is 11.6 Å². The SMILES string of the molecule is Cc1cc(NC(=O)CN(C)c2nccn3c(C4CC4)nnc23)no1. The van der Waals surface area contributed by atoms with Crippen LogP contribution in [-0.4, -0.2) is 44.2 Å². The highest BCUT2D eigenvalue weighted by Gasteiger charge is 2.29. The molecular weight excluding hydrogens is 310 g/mol. The van der Waals surface area contributed by atoms with Gasteiger partial charge in [0, 0.05) is 31.4 Å². The number of hydrogen-bond acceptors (Lipinski definition) is 7. The van der Waals surface area contributed by atoms with Crippen molar-refractivity contribution in [2.24, 2.45) is 0 Å². The van der Waals surface area contributed by atoms with E-state index in [0.717, 1.165) is 18.7 Å². The van der Waals surface area contributed by atoms with E-state index in [9.17, 15) is 4.79 Å². The van der Waals surface area contributed by atoms with E-state index in [-0.39, 0.29) is 12.5 Å². The maximum Gasteiger partial charge on any atom is 0.245 e. The lowest BCUT2D eigenvalue weighted by Crippen LogP contribution is -2.31. The zero-order chi connectivity index (χ0) is 16.7. The van der Waals surface area contributed by atoms with E-state index in [2.05, 4.69) is 25.7 Å². The number of hydrogen-bond donors (Lipinski definition) is 1. The fourth-order valence-corrected chi connectivity index (χ4v) is 2.62. The number of amides is 1. The smallest absolute Gasteiger partial charge is 0.245 e. The Bertz CT molecular complexity index is 896. The van der Waals surface area contributed by atoms with Crippen LogP contribution >= 0.6 is 0 Å². The first-order valence-electron chi connectivity index (χ1n) is 7.76. The molecule has 1 amide bonds. The molecule has 0 spiro atoms. The summed E-state index contributed by atoms with van der Waals surface area (Å²) in [7, 11) is 1.79. The minimum atomic E-state index is -0.212. The average molecular weight is 327 g/mol. The lowest BCUT2D eigenvalue weighted by Gasteiger charge is -2.17. The number of rotatable bonds is 5. The molecule has 0 atom stereocenters. The van der Waals surface area contributed by atoms with Gasteiger partial charge in [-0.15, -0.1) is 10.2 Å². The topological polar surface area (TPSA) is 101 Å². The molecule has 1 fully saturated rings. The highest BCUT2D eigenvalue weighted by atomic mass is 16.5. The zero-order valence-electron chi connectivity index (χ0n) is 13.4. The van der Waals surface area contributed by atoms with Crippen molar-refractivity contribution in [1.29, 1.82) is 0 Å². The van der Waals surface area contributed by atoms with Gasteiger partial charge >= 0.3 is 0 Å². The van der Waals surface area contributed by atoms with E-state index in [0.29, 0.717) is 29.0 Å². The normalized spacial score (nSPS) is 14.1. The predicted octanol–water partition coefficient (Wildman–Crippen LogP) is 1.37. The number of fused-ring (bicyclic) bond motifs is 1. The molecule has 124 valence electrons. The Hall–Kier alpha value is -2.97. The first kappa shape index (κ1) is 14.6. The second-order valence-electron chi connectivity index (χ2n) is 6.00. The van der Waals surface area contributed by atoms with Gasteiger partial charge in [-0.1, -0.05) is 5.16 Å². The van der Waals surface area contributed by atoms with Gasteiger partial charge in [-0.3, -0.25) is 9.20 Å². The van der Waals surface area contributed by atoms with Crippen molar-refractivity contribution >= 4 is 23.2 Å². The van der Waals surface area contributed by atoms with Crippen molar-refractivity contribution in [3.8, 4) is 0 Å². The van der Waals surface area contributed by atoms with Gasteiger partial charge in [0.1, 0.15) is 11.6 Å². The quantitative estimate of drug-likeness (QED) is 0.755. The van der Waals surface area contributed by atoms with Crippen LogP contribution in [0.3, 0.4) is 0 Å². The van der Waals surface area contributed by atoms with Gasteiger partial charge in [-0.25, -0.2) is 4.98 Å². The molecule has 1 aliphatic carbocycles. The molecule has 1 aliphatic rings. The summed E-state index contributed by atoms with van der Waals surface area (Å²) < 4.78 is 6.89. The number of nitrogens with zero attached hydrogens (tertiary/aromatic N) is 6. The molecule has 4 rings (SSSR count). The number of anilines is 2. The van der Waals surface area contributed by atoms with Crippen LogP contribution in [0.25, 0.3) is 5.65 Å². The standard InChI is InChI=1S/C15H17N7O2/c1-9-7-11(20-24-9)17-12(23)8-21(2)14-15-19-18-13(10-3-4-10)22(15)6-5-16-14/h5-7,10H,3-4,8H2,1-2H3,(H,17,20,23). The fraction of sp³-hybridized carbons (Fsp3) is 0.400. The first-order valence-corrected chi connectivity index (χ1v) is 7.76. The van der Waals surface area contributed by atoms with Crippen molar-refractivity contribution in [2.75, 3.05) is 23.8 Å². The summed E-state index contributed by atoms with van der Waals surface area (Å²) >= 11 is 0. The summed E-state index contributed by atoms with van der Waals surface area (Å²) in [5.74, 6) is 2.89. The number of nitrogens with one attached hydrogen (secondary N) is 1. The summed E-state index contributed by atoms with van der Waals surface area (Å²) in [5, 5.41) is 15.0. The number of carbonyl (C=O) groups is 1. The van der Waals surface area contributed by atoms with Crippen molar-refractivity contribution in [1.82, 2.24) is 24.7 Å². The predicted molar refractivity (Wildman–Crippen MR) is 85.9 cm³/mol. The first-order chi connectivity index (χ1) is 11.6. The third-order valence-electron chi connectivity index (χ3n) is 3.92. The van der Waals surface area contributed by atoms with E-state index < -0.39 is 0 Å². The van der Waals surface area contributed by atoms with Crippen LogP contribution < -0.4 is 10.2 Å². The molecule has 3 heterocycles. The Morgan fingerprint density at radius 1 is 1.46 bits per heavy atom. The van der Waals surface area contributed by atoms with Crippen LogP contribution in [0.5, 0.6) is 0 Å². The molecule has 0 aromatic carbocycles. The molecule has 0 saturated heterocycles. The van der Waals surface area contributed by atoms with Crippen LogP contribution in [-0.2, 0) is 4.79 Å². The van der Waals surface area contributed by atoms with Crippen LogP contribution in [0.4, 0.5) is 11.6 Å². The Morgan fingerprint density at radius 3 is 3.00 bits per heavy atom. The molecule has 1 N–H and O–H groups in total. The summed E-state index contributed by atoms with van der Waals surface area (Å²) in [6, 6.07) is 1.66.